The van der Waals surface area contributed by atoms with Gasteiger partial charge in [0, 0.05) is 44.8 Å². The number of rotatable bonds is 2. The van der Waals surface area contributed by atoms with Crippen LogP contribution in [0.1, 0.15) is 6.92 Å². The van der Waals surface area contributed by atoms with Crippen molar-refractivity contribution in [2.75, 3.05) is 46.3 Å². The van der Waals surface area contributed by atoms with Crippen LogP contribution in [0, 0.1) is 0 Å². The summed E-state index contributed by atoms with van der Waals surface area (Å²) in [4.78, 5) is 14.1. The molecule has 5 nitrogen and oxygen atoms in total. The topological polar surface area (TPSA) is 47.6 Å². The molecule has 0 saturated carbocycles. The van der Waals surface area contributed by atoms with Crippen LogP contribution in [0.25, 0.3) is 0 Å². The Morgan fingerprint density at radius 2 is 1.88 bits per heavy atom. The highest BCUT2D eigenvalue weighted by Gasteiger charge is 2.19. The molecule has 16 heavy (non-hydrogen) atoms. The Kier molecular flexibility index (Phi) is 3.58. The maximum atomic E-state index is 11.9. The lowest BCUT2D eigenvalue weighted by molar-refractivity contribution is -0.123. The molecule has 2 aliphatic heterocycles. The monoisotopic (exact) mass is 224 g/mol. The molecule has 0 atom stereocenters. The fraction of sp³-hybridized carbons (Fsp3) is 0.727. The van der Waals surface area contributed by atoms with E-state index in [1.54, 1.807) is 0 Å². The van der Waals surface area contributed by atoms with Crippen LogP contribution in [0.5, 0.6) is 0 Å². The first kappa shape index (κ1) is 11.6. The first-order valence-corrected chi connectivity index (χ1v) is 5.80. The molecular weight excluding hydrogens is 204 g/mol. The molecule has 2 N–H and O–H groups in total. The third-order valence-electron chi connectivity index (χ3n) is 3.31. The van der Waals surface area contributed by atoms with Crippen LogP contribution in [0.3, 0.4) is 0 Å². The first-order chi connectivity index (χ1) is 7.66. The van der Waals surface area contributed by atoms with Gasteiger partial charge in [0.1, 0.15) is 0 Å². The highest BCUT2D eigenvalue weighted by Crippen LogP contribution is 2.09. The number of hydrogen-bond donors (Lipinski definition) is 2. The van der Waals surface area contributed by atoms with Crippen LogP contribution < -0.4 is 10.7 Å². The fourth-order valence-corrected chi connectivity index (χ4v) is 1.82. The first-order valence-electron chi connectivity index (χ1n) is 5.80. The van der Waals surface area contributed by atoms with Gasteiger partial charge in [0.25, 0.3) is 5.91 Å². The van der Waals surface area contributed by atoms with Crippen LogP contribution in [0.15, 0.2) is 11.1 Å². The molecule has 2 rings (SSSR count). The third-order valence-corrected chi connectivity index (χ3v) is 3.31. The van der Waals surface area contributed by atoms with Crippen molar-refractivity contribution >= 4 is 5.91 Å². The van der Waals surface area contributed by atoms with Crippen LogP contribution in [0.4, 0.5) is 0 Å². The third kappa shape index (κ3) is 2.61. The Morgan fingerprint density at radius 3 is 2.38 bits per heavy atom. The minimum atomic E-state index is 0.0565. The summed E-state index contributed by atoms with van der Waals surface area (Å²) in [6, 6.07) is 0. The molecule has 2 fully saturated rings. The minimum absolute atomic E-state index is 0.0565. The van der Waals surface area contributed by atoms with E-state index in [-0.39, 0.29) is 5.91 Å². The molecule has 1 amide bonds. The maximum absolute atomic E-state index is 11.9. The predicted octanol–water partition coefficient (Wildman–Crippen LogP) is -0.815. The molecule has 0 radical (unpaired) electrons. The molecule has 0 aromatic rings. The fourth-order valence-electron chi connectivity index (χ4n) is 1.82. The molecule has 0 aromatic heterocycles. The van der Waals surface area contributed by atoms with Gasteiger partial charge >= 0.3 is 0 Å². The van der Waals surface area contributed by atoms with E-state index in [0.717, 1.165) is 44.8 Å². The second kappa shape index (κ2) is 4.95. The lowest BCUT2D eigenvalue weighted by atomic mass is 10.0. The molecule has 2 heterocycles. The van der Waals surface area contributed by atoms with E-state index in [0.29, 0.717) is 0 Å². The summed E-state index contributed by atoms with van der Waals surface area (Å²) >= 11 is 0. The number of carbonyl (C=O) groups is 1. The van der Waals surface area contributed by atoms with Gasteiger partial charge in [-0.1, -0.05) is 0 Å². The minimum Gasteiger partial charge on any atom is -0.309 e. The van der Waals surface area contributed by atoms with Gasteiger partial charge in [-0.3, -0.25) is 10.2 Å². The normalized spacial score (nSPS) is 22.8. The molecular formula is C11H20N4O. The van der Waals surface area contributed by atoms with E-state index in [1.807, 2.05) is 11.9 Å². The van der Waals surface area contributed by atoms with E-state index in [4.69, 9.17) is 0 Å². The average Bonchev–Trinajstić information content (AvgIpc) is 2.19. The second-order valence-corrected chi connectivity index (χ2v) is 4.56. The van der Waals surface area contributed by atoms with Crippen LogP contribution in [-0.2, 0) is 4.79 Å². The van der Waals surface area contributed by atoms with Crippen molar-refractivity contribution in [3.63, 3.8) is 0 Å². The molecule has 0 unspecified atom stereocenters. The quantitative estimate of drug-likeness (QED) is 0.602. The highest BCUT2D eigenvalue weighted by molar-refractivity contribution is 5.93. The molecule has 0 spiro atoms. The van der Waals surface area contributed by atoms with E-state index < -0.39 is 0 Å². The van der Waals surface area contributed by atoms with Gasteiger partial charge in [0.15, 0.2) is 0 Å². The summed E-state index contributed by atoms with van der Waals surface area (Å²) in [6.07, 6.45) is 0. The van der Waals surface area contributed by atoms with E-state index in [2.05, 4.69) is 22.7 Å². The summed E-state index contributed by atoms with van der Waals surface area (Å²) in [5.74, 6) is 0.0565. The number of likely N-dealkylation sites (N-methyl/N-ethyl adjacent to an activating group) is 1. The highest BCUT2D eigenvalue weighted by atomic mass is 16.2. The SMILES string of the molecule is CC(C(=O)NN1CCN(C)CC1)=C1CNC1. The smallest absolute Gasteiger partial charge is 0.261 e. The van der Waals surface area contributed by atoms with E-state index in [1.165, 1.54) is 5.57 Å². The number of nitrogens with zero attached hydrogens (tertiary/aromatic N) is 2. The van der Waals surface area contributed by atoms with Gasteiger partial charge in [-0.25, -0.2) is 5.01 Å². The molecule has 2 saturated heterocycles. The Balaban J connectivity index is 1.83. The Morgan fingerprint density at radius 1 is 1.25 bits per heavy atom. The zero-order valence-electron chi connectivity index (χ0n) is 10.0. The summed E-state index contributed by atoms with van der Waals surface area (Å²) in [5, 5.41) is 5.16. The van der Waals surface area contributed by atoms with Crippen LogP contribution in [-0.4, -0.2) is 62.1 Å². The van der Waals surface area contributed by atoms with Crippen molar-refractivity contribution in [2.45, 2.75) is 6.92 Å². The summed E-state index contributed by atoms with van der Waals surface area (Å²) in [7, 11) is 2.10. The number of amides is 1. The van der Waals surface area contributed by atoms with Gasteiger partial charge < -0.3 is 10.2 Å². The molecule has 0 aromatic carbocycles. The van der Waals surface area contributed by atoms with E-state index >= 15 is 0 Å². The number of piperazine rings is 1. The zero-order valence-corrected chi connectivity index (χ0v) is 10.0. The van der Waals surface area contributed by atoms with Gasteiger partial charge in [-0.05, 0) is 19.5 Å². The molecule has 5 heteroatoms. The zero-order chi connectivity index (χ0) is 11.5. The summed E-state index contributed by atoms with van der Waals surface area (Å²) in [6.45, 7) is 7.46. The van der Waals surface area contributed by atoms with Gasteiger partial charge in [-0.15, -0.1) is 0 Å². The molecule has 0 aliphatic carbocycles. The predicted molar refractivity (Wildman–Crippen MR) is 62.8 cm³/mol. The van der Waals surface area contributed by atoms with Crippen molar-refractivity contribution in [3.8, 4) is 0 Å². The average molecular weight is 224 g/mol. The Hall–Kier alpha value is -0.910. The van der Waals surface area contributed by atoms with Gasteiger partial charge in [0.05, 0.1) is 0 Å². The summed E-state index contributed by atoms with van der Waals surface area (Å²) in [5.41, 5.74) is 5.07. The number of hydrogen-bond acceptors (Lipinski definition) is 4. The van der Waals surface area contributed by atoms with Crippen molar-refractivity contribution in [1.29, 1.82) is 0 Å². The van der Waals surface area contributed by atoms with E-state index in [9.17, 15) is 4.79 Å². The molecule has 90 valence electrons. The Bertz CT molecular complexity index is 299. The van der Waals surface area contributed by atoms with Crippen molar-refractivity contribution in [3.05, 3.63) is 11.1 Å². The van der Waals surface area contributed by atoms with Gasteiger partial charge in [0.2, 0.25) is 0 Å². The standard InChI is InChI=1S/C11H20N4O/c1-9(10-7-12-8-10)11(16)13-15-5-3-14(2)4-6-15/h12H,3-8H2,1-2H3,(H,13,16). The lowest BCUT2D eigenvalue weighted by Gasteiger charge is -2.33. The lowest BCUT2D eigenvalue weighted by Crippen LogP contribution is -2.53. The second-order valence-electron chi connectivity index (χ2n) is 4.56. The molecule has 0 bridgehead atoms. The number of hydrazine groups is 1. The van der Waals surface area contributed by atoms with Gasteiger partial charge in [-0.2, -0.15) is 0 Å². The molecule has 2 aliphatic rings. The largest absolute Gasteiger partial charge is 0.309 e. The maximum Gasteiger partial charge on any atom is 0.261 e. The van der Waals surface area contributed by atoms with Crippen molar-refractivity contribution < 1.29 is 4.79 Å². The number of carbonyl (C=O) groups excluding carboxylic acids is 1. The van der Waals surface area contributed by atoms with Crippen molar-refractivity contribution in [2.24, 2.45) is 0 Å². The van der Waals surface area contributed by atoms with Crippen molar-refractivity contribution in [1.82, 2.24) is 20.7 Å². The van der Waals surface area contributed by atoms with Crippen LogP contribution >= 0.6 is 0 Å². The Labute approximate surface area is 96.4 Å². The number of nitrogens with one attached hydrogen (secondary N) is 2. The summed E-state index contributed by atoms with van der Waals surface area (Å²) < 4.78 is 0. The van der Waals surface area contributed by atoms with Crippen LogP contribution in [0.2, 0.25) is 0 Å².